The van der Waals surface area contributed by atoms with Crippen molar-refractivity contribution in [2.24, 2.45) is 0 Å². The summed E-state index contributed by atoms with van der Waals surface area (Å²) in [6, 6.07) is 7.05. The second kappa shape index (κ2) is 7.91. The van der Waals surface area contributed by atoms with Gasteiger partial charge in [-0.1, -0.05) is 46.4 Å². The lowest BCUT2D eigenvalue weighted by Crippen LogP contribution is -2.50. The van der Waals surface area contributed by atoms with Gasteiger partial charge in [-0.3, -0.25) is 4.79 Å². The largest absolute Gasteiger partial charge is 0.337 e. The smallest absolute Gasteiger partial charge is 0.255 e. The monoisotopic (exact) mass is 458 g/mol. The number of aromatic nitrogens is 4. The van der Waals surface area contributed by atoms with Crippen LogP contribution in [0.25, 0.3) is 17.0 Å². The number of hydrogen-bond donors (Lipinski definition) is 0. The predicted octanol–water partition coefficient (Wildman–Crippen LogP) is 3.55. The van der Waals surface area contributed by atoms with Crippen LogP contribution >= 0.6 is 46.4 Å². The molecule has 0 bridgehead atoms. The van der Waals surface area contributed by atoms with Gasteiger partial charge in [0.15, 0.2) is 4.84 Å². The number of nitrogens with zero attached hydrogens (tertiary/aromatic N) is 6. The van der Waals surface area contributed by atoms with E-state index in [-0.39, 0.29) is 5.91 Å². The van der Waals surface area contributed by atoms with E-state index in [2.05, 4.69) is 15.1 Å². The number of carbonyl (C=O) groups excluding carboxylic acids is 1. The molecule has 0 radical (unpaired) electrons. The third-order valence-corrected chi connectivity index (χ3v) is 5.43. The van der Waals surface area contributed by atoms with E-state index in [0.717, 1.165) is 11.3 Å². The van der Waals surface area contributed by atoms with Crippen molar-refractivity contribution >= 4 is 64.0 Å². The van der Waals surface area contributed by atoms with Gasteiger partial charge in [-0.25, -0.2) is 4.98 Å². The van der Waals surface area contributed by atoms with Gasteiger partial charge in [-0.2, -0.15) is 9.50 Å². The molecule has 28 heavy (non-hydrogen) atoms. The van der Waals surface area contributed by atoms with Crippen LogP contribution in [0.15, 0.2) is 30.5 Å². The maximum absolute atomic E-state index is 11.9. The zero-order valence-corrected chi connectivity index (χ0v) is 17.4. The van der Waals surface area contributed by atoms with Crippen LogP contribution in [-0.2, 0) is 4.79 Å². The Morgan fingerprint density at radius 2 is 1.82 bits per heavy atom. The summed E-state index contributed by atoms with van der Waals surface area (Å²) in [7, 11) is 0. The first-order valence-corrected chi connectivity index (χ1v) is 10.1. The van der Waals surface area contributed by atoms with Gasteiger partial charge in [0, 0.05) is 43.0 Å². The lowest BCUT2D eigenvalue weighted by atomic mass is 10.1. The van der Waals surface area contributed by atoms with Gasteiger partial charge in [0.25, 0.3) is 11.7 Å². The topological polar surface area (TPSA) is 66.6 Å². The lowest BCUT2D eigenvalue weighted by Gasteiger charge is -2.34. The molecule has 1 fully saturated rings. The highest BCUT2D eigenvalue weighted by Gasteiger charge is 2.27. The molecule has 1 aliphatic heterocycles. The summed E-state index contributed by atoms with van der Waals surface area (Å²) < 4.78 is 1.64. The number of hydrogen-bond acceptors (Lipinski definition) is 5. The number of fused-ring (bicyclic) bond motifs is 1. The zero-order valence-electron chi connectivity index (χ0n) is 14.4. The SMILES string of the molecule is O=C(C(Cl)Cl)N1CCN(c2nc3nccc(-c4cc(Cl)ccc4Cl)n3n2)CC1. The Balaban J connectivity index is 1.63. The van der Waals surface area contributed by atoms with Gasteiger partial charge in [-0.15, -0.1) is 5.10 Å². The zero-order chi connectivity index (χ0) is 19.8. The van der Waals surface area contributed by atoms with Crippen molar-refractivity contribution in [1.29, 1.82) is 0 Å². The Morgan fingerprint density at radius 1 is 1.07 bits per heavy atom. The van der Waals surface area contributed by atoms with Gasteiger partial charge in [-0.05, 0) is 24.3 Å². The van der Waals surface area contributed by atoms with Crippen LogP contribution < -0.4 is 4.90 Å². The molecular weight excluding hydrogens is 446 g/mol. The van der Waals surface area contributed by atoms with E-state index in [0.29, 0.717) is 48.0 Å². The van der Waals surface area contributed by atoms with Crippen LogP contribution in [0.3, 0.4) is 0 Å². The normalized spacial score (nSPS) is 14.9. The molecule has 4 rings (SSSR count). The predicted molar refractivity (Wildman–Crippen MR) is 111 cm³/mol. The van der Waals surface area contributed by atoms with Gasteiger partial charge >= 0.3 is 0 Å². The molecule has 0 N–H and O–H groups in total. The fourth-order valence-electron chi connectivity index (χ4n) is 3.08. The third kappa shape index (κ3) is 3.72. The number of halogens is 4. The minimum Gasteiger partial charge on any atom is -0.337 e. The van der Waals surface area contributed by atoms with E-state index < -0.39 is 4.84 Å². The first-order chi connectivity index (χ1) is 13.4. The highest BCUT2D eigenvalue weighted by Crippen LogP contribution is 2.30. The van der Waals surface area contributed by atoms with Crippen LogP contribution in [0.1, 0.15) is 0 Å². The van der Waals surface area contributed by atoms with E-state index in [4.69, 9.17) is 46.4 Å². The molecule has 0 unspecified atom stereocenters. The maximum atomic E-state index is 11.9. The number of piperazine rings is 1. The summed E-state index contributed by atoms with van der Waals surface area (Å²) in [5.41, 5.74) is 1.47. The number of amides is 1. The Labute approximate surface area is 180 Å². The molecule has 0 atom stereocenters. The maximum Gasteiger partial charge on any atom is 0.255 e. The van der Waals surface area contributed by atoms with E-state index in [9.17, 15) is 4.79 Å². The fourth-order valence-corrected chi connectivity index (χ4v) is 3.74. The molecule has 1 aromatic carbocycles. The van der Waals surface area contributed by atoms with Gasteiger partial charge in [0.05, 0.1) is 10.7 Å². The molecular formula is C17H14Cl4N6O. The van der Waals surface area contributed by atoms with Crippen molar-refractivity contribution in [3.63, 3.8) is 0 Å². The second-order valence-electron chi connectivity index (χ2n) is 6.19. The number of anilines is 1. The quantitative estimate of drug-likeness (QED) is 0.560. The second-order valence-corrected chi connectivity index (χ2v) is 8.13. The van der Waals surface area contributed by atoms with Crippen LogP contribution in [0.2, 0.25) is 10.0 Å². The lowest BCUT2D eigenvalue weighted by molar-refractivity contribution is -0.129. The van der Waals surface area contributed by atoms with E-state index in [1.807, 2.05) is 4.90 Å². The van der Waals surface area contributed by atoms with Crippen molar-refractivity contribution in [2.75, 3.05) is 31.1 Å². The fraction of sp³-hybridized carbons (Fsp3) is 0.294. The molecule has 1 amide bonds. The average Bonchev–Trinajstić information content (AvgIpc) is 3.13. The molecule has 0 aliphatic carbocycles. The first-order valence-electron chi connectivity index (χ1n) is 8.43. The molecule has 146 valence electrons. The summed E-state index contributed by atoms with van der Waals surface area (Å²) >= 11 is 23.8. The number of rotatable bonds is 3. The summed E-state index contributed by atoms with van der Waals surface area (Å²) in [4.78, 5) is 23.3. The highest BCUT2D eigenvalue weighted by molar-refractivity contribution is 6.53. The van der Waals surface area contributed by atoms with Crippen LogP contribution in [0, 0.1) is 0 Å². The Hall–Kier alpha value is -1.80. The van der Waals surface area contributed by atoms with E-state index >= 15 is 0 Å². The van der Waals surface area contributed by atoms with Crippen molar-refractivity contribution in [1.82, 2.24) is 24.5 Å². The molecule has 11 heteroatoms. The minimum atomic E-state index is -1.05. The number of carbonyl (C=O) groups is 1. The van der Waals surface area contributed by atoms with Crippen molar-refractivity contribution in [3.05, 3.63) is 40.5 Å². The highest BCUT2D eigenvalue weighted by atomic mass is 35.5. The summed E-state index contributed by atoms with van der Waals surface area (Å²) in [6.45, 7) is 2.11. The Kier molecular flexibility index (Phi) is 5.51. The van der Waals surface area contributed by atoms with Crippen LogP contribution in [0.5, 0.6) is 0 Å². The van der Waals surface area contributed by atoms with Gasteiger partial charge in [0.1, 0.15) is 0 Å². The third-order valence-electron chi connectivity index (χ3n) is 4.49. The van der Waals surface area contributed by atoms with E-state index in [1.165, 1.54) is 0 Å². The number of alkyl halides is 2. The van der Waals surface area contributed by atoms with Crippen LogP contribution in [0.4, 0.5) is 5.95 Å². The van der Waals surface area contributed by atoms with Crippen molar-refractivity contribution < 1.29 is 4.79 Å². The first kappa shape index (κ1) is 19.5. The summed E-state index contributed by atoms with van der Waals surface area (Å²) in [5, 5.41) is 5.73. The summed E-state index contributed by atoms with van der Waals surface area (Å²) in [5.74, 6) is 0.688. The van der Waals surface area contributed by atoms with Crippen LogP contribution in [-0.4, -0.2) is 61.4 Å². The van der Waals surface area contributed by atoms with E-state index in [1.54, 1.807) is 39.9 Å². The van der Waals surface area contributed by atoms with Crippen molar-refractivity contribution in [3.8, 4) is 11.3 Å². The molecule has 1 aliphatic rings. The molecule has 3 heterocycles. The standard InChI is InChI=1S/C17H14Cl4N6O/c18-10-1-2-12(19)11(9-10)13-3-4-22-16-23-17(24-27(13)16)26-7-5-25(6-8-26)15(28)14(20)21/h1-4,9,14H,5-8H2. The Bertz CT molecular complexity index is 1030. The molecule has 2 aromatic heterocycles. The van der Waals surface area contributed by atoms with Gasteiger partial charge < -0.3 is 9.80 Å². The Morgan fingerprint density at radius 3 is 2.54 bits per heavy atom. The molecule has 1 saturated heterocycles. The molecule has 0 spiro atoms. The van der Waals surface area contributed by atoms with Crippen molar-refractivity contribution in [2.45, 2.75) is 4.84 Å². The average molecular weight is 460 g/mol. The number of benzene rings is 1. The molecule has 0 saturated carbocycles. The summed E-state index contributed by atoms with van der Waals surface area (Å²) in [6.07, 6.45) is 1.65. The van der Waals surface area contributed by atoms with Gasteiger partial charge in [0.2, 0.25) is 5.95 Å². The minimum absolute atomic E-state index is 0.287. The molecule has 7 nitrogen and oxygen atoms in total. The molecule has 3 aromatic rings.